The molecule has 1 N–H and O–H groups in total. The van der Waals surface area contributed by atoms with Gasteiger partial charge in [-0.3, -0.25) is 0 Å². The second kappa shape index (κ2) is 8.33. The first kappa shape index (κ1) is 21.7. The summed E-state index contributed by atoms with van der Waals surface area (Å²) in [6.07, 6.45) is 2.33. The highest BCUT2D eigenvalue weighted by Gasteiger charge is 2.32. The quantitative estimate of drug-likeness (QED) is 0.633. The molecule has 2 aliphatic heterocycles. The van der Waals surface area contributed by atoms with E-state index in [1.807, 2.05) is 39.1 Å². The lowest BCUT2D eigenvalue weighted by atomic mass is 10.0. The van der Waals surface area contributed by atoms with Crippen LogP contribution in [0, 0.1) is 0 Å². The summed E-state index contributed by atoms with van der Waals surface area (Å²) in [5.41, 5.74) is 3.51. The highest BCUT2D eigenvalue weighted by Crippen LogP contribution is 2.32. The smallest absolute Gasteiger partial charge is 0.410 e. The third kappa shape index (κ3) is 4.39. The van der Waals surface area contributed by atoms with Crippen LogP contribution < -0.4 is 4.90 Å². The number of hydrogen-bond acceptors (Lipinski definition) is 6. The summed E-state index contributed by atoms with van der Waals surface area (Å²) in [6, 6.07) is 8.47. The molecule has 0 radical (unpaired) electrons. The van der Waals surface area contributed by atoms with Crippen LogP contribution in [0.1, 0.15) is 39.0 Å². The van der Waals surface area contributed by atoms with Crippen LogP contribution in [0.3, 0.4) is 0 Å². The lowest BCUT2D eigenvalue weighted by Crippen LogP contribution is -2.46. The lowest BCUT2D eigenvalue weighted by molar-refractivity contribution is 0.0220. The van der Waals surface area contributed by atoms with Crippen molar-refractivity contribution in [2.75, 3.05) is 31.2 Å². The minimum atomic E-state index is -0.533. The highest BCUT2D eigenvalue weighted by molar-refractivity contribution is 5.84. The van der Waals surface area contributed by atoms with E-state index in [0.717, 1.165) is 40.1 Å². The predicted octanol–water partition coefficient (Wildman–Crippen LogP) is 4.14. The van der Waals surface area contributed by atoms with Crippen molar-refractivity contribution < 1.29 is 14.3 Å². The van der Waals surface area contributed by atoms with Crippen LogP contribution in [0.2, 0.25) is 0 Å². The number of aromatic amines is 1. The van der Waals surface area contributed by atoms with E-state index in [-0.39, 0.29) is 12.1 Å². The van der Waals surface area contributed by atoms with Gasteiger partial charge in [-0.15, -0.1) is 0 Å². The molecular weight excluding hydrogens is 418 g/mol. The number of hydrogen-bond donors (Lipinski definition) is 1. The van der Waals surface area contributed by atoms with Gasteiger partial charge in [0.2, 0.25) is 0 Å². The van der Waals surface area contributed by atoms with Crippen LogP contribution in [0.15, 0.2) is 30.5 Å². The van der Waals surface area contributed by atoms with Crippen molar-refractivity contribution in [2.45, 2.75) is 52.3 Å². The largest absolute Gasteiger partial charge is 0.444 e. The molecule has 174 valence electrons. The summed E-state index contributed by atoms with van der Waals surface area (Å²) < 4.78 is 11.3. The van der Waals surface area contributed by atoms with Gasteiger partial charge >= 0.3 is 6.09 Å². The van der Waals surface area contributed by atoms with E-state index in [4.69, 9.17) is 19.4 Å². The number of rotatable bonds is 2. The third-order valence-corrected chi connectivity index (χ3v) is 6.15. The lowest BCUT2D eigenvalue weighted by Gasteiger charge is -2.38. The summed E-state index contributed by atoms with van der Waals surface area (Å²) in [7, 11) is 0. The normalized spacial score (nSPS) is 19.0. The third-order valence-electron chi connectivity index (χ3n) is 6.15. The summed E-state index contributed by atoms with van der Waals surface area (Å²) in [4.78, 5) is 30.1. The van der Waals surface area contributed by atoms with Crippen LogP contribution in [-0.2, 0) is 22.4 Å². The van der Waals surface area contributed by atoms with Crippen molar-refractivity contribution in [3.63, 3.8) is 0 Å². The van der Waals surface area contributed by atoms with Gasteiger partial charge in [0.15, 0.2) is 5.82 Å². The van der Waals surface area contributed by atoms with E-state index in [9.17, 15) is 4.79 Å². The van der Waals surface area contributed by atoms with Crippen molar-refractivity contribution in [1.82, 2.24) is 19.9 Å². The Hall–Kier alpha value is -3.13. The summed E-state index contributed by atoms with van der Waals surface area (Å²) in [5, 5.41) is 1.12. The Balaban J connectivity index is 1.56. The van der Waals surface area contributed by atoms with Gasteiger partial charge in [-0.2, -0.15) is 0 Å². The second-order valence-electron chi connectivity index (χ2n) is 9.84. The molecule has 8 nitrogen and oxygen atoms in total. The summed E-state index contributed by atoms with van der Waals surface area (Å²) in [5.74, 6) is 1.64. The van der Waals surface area contributed by atoms with Crippen LogP contribution in [0.25, 0.3) is 22.3 Å². The van der Waals surface area contributed by atoms with E-state index in [2.05, 4.69) is 28.9 Å². The summed E-state index contributed by atoms with van der Waals surface area (Å²) in [6.45, 7) is 11.0. The number of fused-ring (bicyclic) bond motifs is 2. The Labute approximate surface area is 193 Å². The van der Waals surface area contributed by atoms with Crippen molar-refractivity contribution in [3.8, 4) is 11.4 Å². The molecule has 0 spiro atoms. The first-order valence-electron chi connectivity index (χ1n) is 11.6. The van der Waals surface area contributed by atoms with Crippen LogP contribution in [0.5, 0.6) is 0 Å². The standard InChI is InChI=1S/C25H31N5O3/c1-16-15-32-12-11-30(16)23-19-8-10-29(24(31)33-25(2,3)4)14-21(19)27-22(28-23)18-5-6-20-17(13-18)7-9-26-20/h5-7,9,13,16,26H,8,10-12,14-15H2,1-4H3. The molecule has 1 atom stereocenters. The number of amides is 1. The Kier molecular flexibility index (Phi) is 5.48. The first-order chi connectivity index (χ1) is 15.8. The number of carbonyl (C=O) groups excluding carboxylic acids is 1. The molecule has 4 heterocycles. The molecule has 33 heavy (non-hydrogen) atoms. The van der Waals surface area contributed by atoms with E-state index in [0.29, 0.717) is 38.5 Å². The van der Waals surface area contributed by atoms with Gasteiger partial charge in [0, 0.05) is 41.3 Å². The Morgan fingerprint density at radius 3 is 2.85 bits per heavy atom. The van der Waals surface area contributed by atoms with Crippen LogP contribution in [-0.4, -0.2) is 63.9 Å². The van der Waals surface area contributed by atoms with Crippen molar-refractivity contribution in [1.29, 1.82) is 0 Å². The molecule has 0 aliphatic carbocycles. The number of ether oxygens (including phenoxy) is 2. The van der Waals surface area contributed by atoms with Gasteiger partial charge in [-0.1, -0.05) is 0 Å². The number of nitrogens with zero attached hydrogens (tertiary/aromatic N) is 4. The number of carbonyl (C=O) groups is 1. The number of benzene rings is 1. The molecule has 0 saturated carbocycles. The maximum Gasteiger partial charge on any atom is 0.410 e. The van der Waals surface area contributed by atoms with Crippen molar-refractivity contribution in [2.24, 2.45) is 0 Å². The number of H-pyrrole nitrogens is 1. The maximum absolute atomic E-state index is 12.8. The number of morpholine rings is 1. The topological polar surface area (TPSA) is 83.6 Å². The minimum absolute atomic E-state index is 0.224. The van der Waals surface area contributed by atoms with Gasteiger partial charge in [0.1, 0.15) is 11.4 Å². The molecule has 1 unspecified atom stereocenters. The molecule has 2 aliphatic rings. The van der Waals surface area contributed by atoms with Gasteiger partial charge in [-0.25, -0.2) is 14.8 Å². The van der Waals surface area contributed by atoms with Crippen LogP contribution >= 0.6 is 0 Å². The van der Waals surface area contributed by atoms with Gasteiger partial charge in [0.25, 0.3) is 0 Å². The number of nitrogens with one attached hydrogen (secondary N) is 1. The Morgan fingerprint density at radius 2 is 2.06 bits per heavy atom. The molecule has 1 aromatic carbocycles. The summed E-state index contributed by atoms with van der Waals surface area (Å²) >= 11 is 0. The maximum atomic E-state index is 12.8. The number of aromatic nitrogens is 3. The highest BCUT2D eigenvalue weighted by atomic mass is 16.6. The van der Waals surface area contributed by atoms with Crippen molar-refractivity contribution in [3.05, 3.63) is 41.7 Å². The SMILES string of the molecule is CC1COCCN1c1nc(-c2ccc3[nH]ccc3c2)nc2c1CCN(C(=O)OC(C)(C)C)C2. The number of anilines is 1. The zero-order chi connectivity index (χ0) is 23.2. The zero-order valence-electron chi connectivity index (χ0n) is 19.7. The molecule has 5 rings (SSSR count). The second-order valence-corrected chi connectivity index (χ2v) is 9.84. The van der Waals surface area contributed by atoms with Crippen LogP contribution in [0.4, 0.5) is 10.6 Å². The van der Waals surface area contributed by atoms with Gasteiger partial charge in [-0.05, 0) is 58.4 Å². The van der Waals surface area contributed by atoms with Crippen molar-refractivity contribution >= 4 is 22.8 Å². The molecular formula is C25H31N5O3. The zero-order valence-corrected chi connectivity index (χ0v) is 19.7. The molecule has 8 heteroatoms. The van der Waals surface area contributed by atoms with E-state index in [1.165, 1.54) is 0 Å². The average molecular weight is 450 g/mol. The minimum Gasteiger partial charge on any atom is -0.444 e. The molecule has 0 bridgehead atoms. The monoisotopic (exact) mass is 449 g/mol. The molecule has 1 saturated heterocycles. The van der Waals surface area contributed by atoms with E-state index < -0.39 is 5.60 Å². The molecule has 1 amide bonds. The Bertz CT molecular complexity index is 1180. The van der Waals surface area contributed by atoms with E-state index in [1.54, 1.807) is 4.90 Å². The van der Waals surface area contributed by atoms with Gasteiger partial charge in [0.05, 0.1) is 31.5 Å². The molecule has 3 aromatic rings. The molecule has 1 fully saturated rings. The first-order valence-corrected chi connectivity index (χ1v) is 11.6. The van der Waals surface area contributed by atoms with Gasteiger partial charge < -0.3 is 24.3 Å². The fourth-order valence-electron chi connectivity index (χ4n) is 4.49. The average Bonchev–Trinajstić information content (AvgIpc) is 3.25. The fraction of sp³-hybridized carbons (Fsp3) is 0.480. The predicted molar refractivity (Wildman–Crippen MR) is 127 cm³/mol. The Morgan fingerprint density at radius 1 is 1.21 bits per heavy atom. The van der Waals surface area contributed by atoms with E-state index >= 15 is 0 Å². The fourth-order valence-corrected chi connectivity index (χ4v) is 4.49. The molecule has 2 aromatic heterocycles.